The molecule has 0 aromatic carbocycles. The van der Waals surface area contributed by atoms with Crippen LogP contribution in [0, 0.1) is 0 Å². The predicted octanol–water partition coefficient (Wildman–Crippen LogP) is -0.0886. The summed E-state index contributed by atoms with van der Waals surface area (Å²) in [7, 11) is -3.49. The lowest BCUT2D eigenvalue weighted by Gasteiger charge is -2.16. The van der Waals surface area contributed by atoms with Gasteiger partial charge in [-0.2, -0.15) is 0 Å². The Morgan fingerprint density at radius 3 is 2.42 bits per heavy atom. The molecule has 1 aliphatic rings. The van der Waals surface area contributed by atoms with Gasteiger partial charge < -0.3 is 10.2 Å². The van der Waals surface area contributed by atoms with Crippen molar-refractivity contribution in [2.45, 2.75) is 38.3 Å². The first-order valence-corrected chi connectivity index (χ1v) is 7.64. The number of amides is 1. The normalized spacial score (nSPS) is 23.5. The number of hydrogen-bond donors (Lipinski definition) is 3. The number of rotatable bonds is 6. The SMILES string of the molecule is CCCCS(=O)(=O)N[C@@H]1C[C@H](C(=O)O)N(C(=O)O)C1. The number of carboxylic acid groups (broad SMARTS) is 2. The van der Waals surface area contributed by atoms with Crippen LogP contribution in [-0.4, -0.2) is 60.0 Å². The third-order valence-corrected chi connectivity index (χ3v) is 4.46. The first kappa shape index (κ1) is 15.7. The van der Waals surface area contributed by atoms with E-state index in [0.29, 0.717) is 6.42 Å². The minimum Gasteiger partial charge on any atom is -0.480 e. The summed E-state index contributed by atoms with van der Waals surface area (Å²) < 4.78 is 25.7. The van der Waals surface area contributed by atoms with Gasteiger partial charge >= 0.3 is 12.1 Å². The number of nitrogens with one attached hydrogen (secondary N) is 1. The second-order valence-corrected chi connectivity index (χ2v) is 6.39. The second kappa shape index (κ2) is 6.20. The van der Waals surface area contributed by atoms with Gasteiger partial charge in [0.25, 0.3) is 0 Å². The van der Waals surface area contributed by atoms with Crippen molar-refractivity contribution in [1.29, 1.82) is 0 Å². The molecule has 0 bridgehead atoms. The number of hydrogen-bond acceptors (Lipinski definition) is 4. The van der Waals surface area contributed by atoms with E-state index >= 15 is 0 Å². The van der Waals surface area contributed by atoms with Crippen molar-refractivity contribution in [2.75, 3.05) is 12.3 Å². The van der Waals surface area contributed by atoms with Crippen LogP contribution in [0.2, 0.25) is 0 Å². The molecule has 8 nitrogen and oxygen atoms in total. The molecule has 110 valence electrons. The van der Waals surface area contributed by atoms with E-state index in [4.69, 9.17) is 10.2 Å². The molecular weight excluding hydrogens is 276 g/mol. The van der Waals surface area contributed by atoms with Crippen molar-refractivity contribution in [3.63, 3.8) is 0 Å². The zero-order valence-corrected chi connectivity index (χ0v) is 11.4. The van der Waals surface area contributed by atoms with Crippen molar-refractivity contribution in [3.05, 3.63) is 0 Å². The van der Waals surface area contributed by atoms with E-state index in [0.717, 1.165) is 11.3 Å². The van der Waals surface area contributed by atoms with E-state index in [-0.39, 0.29) is 18.7 Å². The summed E-state index contributed by atoms with van der Waals surface area (Å²) in [6.07, 6.45) is -0.174. The Morgan fingerprint density at radius 1 is 1.37 bits per heavy atom. The lowest BCUT2D eigenvalue weighted by Crippen LogP contribution is -2.41. The maximum atomic E-state index is 11.7. The summed E-state index contributed by atoms with van der Waals surface area (Å²) in [5.41, 5.74) is 0. The number of carbonyl (C=O) groups is 2. The molecular formula is C10H18N2O6S. The van der Waals surface area contributed by atoms with Crippen molar-refractivity contribution in [1.82, 2.24) is 9.62 Å². The number of likely N-dealkylation sites (tertiary alicyclic amines) is 1. The van der Waals surface area contributed by atoms with Gasteiger partial charge in [-0.15, -0.1) is 0 Å². The van der Waals surface area contributed by atoms with Gasteiger partial charge in [0.05, 0.1) is 5.75 Å². The van der Waals surface area contributed by atoms with Crippen molar-refractivity contribution in [2.24, 2.45) is 0 Å². The molecule has 0 aromatic heterocycles. The van der Waals surface area contributed by atoms with Crippen LogP contribution < -0.4 is 4.72 Å². The van der Waals surface area contributed by atoms with Crippen LogP contribution in [0.4, 0.5) is 4.79 Å². The molecule has 1 heterocycles. The average molecular weight is 294 g/mol. The largest absolute Gasteiger partial charge is 0.480 e. The van der Waals surface area contributed by atoms with Crippen LogP contribution >= 0.6 is 0 Å². The van der Waals surface area contributed by atoms with Crippen molar-refractivity contribution >= 4 is 22.1 Å². The number of unbranched alkanes of at least 4 members (excludes halogenated alkanes) is 1. The highest BCUT2D eigenvalue weighted by molar-refractivity contribution is 7.89. The average Bonchev–Trinajstić information content (AvgIpc) is 2.70. The summed E-state index contributed by atoms with van der Waals surface area (Å²) in [5, 5.41) is 17.8. The van der Waals surface area contributed by atoms with Gasteiger partial charge in [-0.1, -0.05) is 13.3 Å². The van der Waals surface area contributed by atoms with Crippen LogP contribution in [0.15, 0.2) is 0 Å². The Hall–Kier alpha value is -1.35. The molecule has 0 radical (unpaired) electrons. The molecule has 1 aliphatic heterocycles. The number of carboxylic acids is 1. The molecule has 0 aromatic rings. The van der Waals surface area contributed by atoms with Gasteiger partial charge in [0.2, 0.25) is 10.0 Å². The van der Waals surface area contributed by atoms with E-state index in [1.165, 1.54) is 0 Å². The third kappa shape index (κ3) is 4.35. The summed E-state index contributed by atoms with van der Waals surface area (Å²) in [5.74, 6) is -1.30. The number of sulfonamides is 1. The summed E-state index contributed by atoms with van der Waals surface area (Å²) in [6, 6.07) is -1.88. The van der Waals surface area contributed by atoms with Gasteiger partial charge in [0, 0.05) is 12.6 Å². The van der Waals surface area contributed by atoms with E-state index in [1.807, 2.05) is 6.92 Å². The maximum absolute atomic E-state index is 11.7. The van der Waals surface area contributed by atoms with Crippen LogP contribution in [0.5, 0.6) is 0 Å². The third-order valence-electron chi connectivity index (χ3n) is 2.94. The van der Waals surface area contributed by atoms with Crippen molar-refractivity contribution in [3.8, 4) is 0 Å². The Labute approximate surface area is 111 Å². The minimum atomic E-state index is -3.49. The predicted molar refractivity (Wildman–Crippen MR) is 66.4 cm³/mol. The molecule has 0 unspecified atom stereocenters. The highest BCUT2D eigenvalue weighted by atomic mass is 32.2. The minimum absolute atomic E-state index is 0.0369. The fraction of sp³-hybridized carbons (Fsp3) is 0.800. The number of aliphatic carboxylic acids is 1. The van der Waals surface area contributed by atoms with Crippen LogP contribution in [0.25, 0.3) is 0 Å². The van der Waals surface area contributed by atoms with Gasteiger partial charge in [-0.25, -0.2) is 22.7 Å². The quantitative estimate of drug-likeness (QED) is 0.629. The van der Waals surface area contributed by atoms with Crippen LogP contribution in [0.1, 0.15) is 26.2 Å². The molecule has 19 heavy (non-hydrogen) atoms. The Balaban J connectivity index is 2.68. The summed E-state index contributed by atoms with van der Waals surface area (Å²) in [6.45, 7) is 1.72. The molecule has 0 aliphatic carbocycles. The lowest BCUT2D eigenvalue weighted by atomic mass is 10.2. The highest BCUT2D eigenvalue weighted by Gasteiger charge is 2.40. The molecule has 1 rings (SSSR count). The van der Waals surface area contributed by atoms with E-state index < -0.39 is 34.2 Å². The Kier molecular flexibility index (Phi) is 5.12. The lowest BCUT2D eigenvalue weighted by molar-refractivity contribution is -0.141. The molecule has 1 saturated heterocycles. The number of nitrogens with zero attached hydrogens (tertiary/aromatic N) is 1. The second-order valence-electron chi connectivity index (χ2n) is 4.51. The molecule has 0 saturated carbocycles. The molecule has 9 heteroatoms. The zero-order chi connectivity index (χ0) is 14.6. The fourth-order valence-electron chi connectivity index (χ4n) is 2.01. The molecule has 3 N–H and O–H groups in total. The van der Waals surface area contributed by atoms with Gasteiger partial charge in [-0.3, -0.25) is 4.90 Å². The maximum Gasteiger partial charge on any atom is 0.408 e. The van der Waals surface area contributed by atoms with Gasteiger partial charge in [0.1, 0.15) is 6.04 Å². The molecule has 0 spiro atoms. The topological polar surface area (TPSA) is 124 Å². The van der Waals surface area contributed by atoms with E-state index in [9.17, 15) is 18.0 Å². The van der Waals surface area contributed by atoms with Crippen LogP contribution in [0.3, 0.4) is 0 Å². The molecule has 1 amide bonds. The fourth-order valence-corrected chi connectivity index (χ4v) is 3.48. The van der Waals surface area contributed by atoms with E-state index in [2.05, 4.69) is 4.72 Å². The first-order valence-electron chi connectivity index (χ1n) is 5.99. The summed E-state index contributed by atoms with van der Waals surface area (Å²) in [4.78, 5) is 22.5. The first-order chi connectivity index (χ1) is 8.76. The summed E-state index contributed by atoms with van der Waals surface area (Å²) >= 11 is 0. The van der Waals surface area contributed by atoms with Crippen LogP contribution in [-0.2, 0) is 14.8 Å². The van der Waals surface area contributed by atoms with Gasteiger partial charge in [0.15, 0.2) is 0 Å². The standard InChI is InChI=1S/C10H18N2O6S/c1-2-3-4-19(17,18)11-7-5-8(9(13)14)12(6-7)10(15)16/h7-8,11H,2-6H2,1H3,(H,13,14)(H,15,16)/t7-,8-/m1/s1. The smallest absolute Gasteiger partial charge is 0.408 e. The Morgan fingerprint density at radius 2 is 2.00 bits per heavy atom. The zero-order valence-electron chi connectivity index (χ0n) is 10.6. The van der Waals surface area contributed by atoms with Gasteiger partial charge in [-0.05, 0) is 12.8 Å². The van der Waals surface area contributed by atoms with E-state index in [1.54, 1.807) is 0 Å². The molecule has 1 fully saturated rings. The van der Waals surface area contributed by atoms with Crippen molar-refractivity contribution < 1.29 is 28.2 Å². The highest BCUT2D eigenvalue weighted by Crippen LogP contribution is 2.19. The Bertz CT molecular complexity index is 427. The monoisotopic (exact) mass is 294 g/mol. The molecule has 2 atom stereocenters.